The lowest BCUT2D eigenvalue weighted by molar-refractivity contribution is -0.305. The van der Waals surface area contributed by atoms with Crippen molar-refractivity contribution in [2.24, 2.45) is 0 Å². The van der Waals surface area contributed by atoms with Gasteiger partial charge in [0, 0.05) is 11.5 Å². The van der Waals surface area contributed by atoms with Crippen molar-refractivity contribution in [3.8, 4) is 0 Å². The zero-order valence-corrected chi connectivity index (χ0v) is 12.1. The standard InChI is InChI=1S/C13H19NO4S/c1-13(2,3)14-19(17,18)11-7-4-10(5-8-11)6-9-12(15)16/h4-5,7-8,14H,6,9H2,1-3H3,(H,15,16)/p-1. The van der Waals surface area contributed by atoms with Crippen molar-refractivity contribution < 1.29 is 18.3 Å². The summed E-state index contributed by atoms with van der Waals surface area (Å²) < 4.78 is 26.6. The molecule has 1 rings (SSSR count). The molecule has 1 aromatic carbocycles. The Balaban J connectivity index is 2.84. The molecule has 1 aromatic rings. The number of carboxylic acids is 1. The molecule has 106 valence electrons. The molecule has 0 spiro atoms. The Morgan fingerprint density at radius 2 is 1.74 bits per heavy atom. The van der Waals surface area contributed by atoms with Crippen molar-refractivity contribution in [1.82, 2.24) is 4.72 Å². The van der Waals surface area contributed by atoms with E-state index in [-0.39, 0.29) is 11.3 Å². The Morgan fingerprint density at radius 3 is 2.16 bits per heavy atom. The van der Waals surface area contributed by atoms with Crippen LogP contribution in [0.4, 0.5) is 0 Å². The van der Waals surface area contributed by atoms with Gasteiger partial charge in [0.05, 0.1) is 4.90 Å². The monoisotopic (exact) mass is 284 g/mol. The Morgan fingerprint density at radius 1 is 1.21 bits per heavy atom. The fourth-order valence-electron chi connectivity index (χ4n) is 1.54. The van der Waals surface area contributed by atoms with E-state index in [1.54, 1.807) is 32.9 Å². The zero-order valence-electron chi connectivity index (χ0n) is 11.3. The predicted octanol–water partition coefficient (Wildman–Crippen LogP) is 0.446. The van der Waals surface area contributed by atoms with Gasteiger partial charge in [-0.05, 0) is 51.3 Å². The third-order valence-corrected chi connectivity index (χ3v) is 4.07. The molecule has 0 saturated carbocycles. The molecule has 0 radical (unpaired) electrons. The van der Waals surface area contributed by atoms with Gasteiger partial charge in [0.2, 0.25) is 10.0 Å². The molecule has 0 heterocycles. The summed E-state index contributed by atoms with van der Waals surface area (Å²) in [5.41, 5.74) is 0.214. The van der Waals surface area contributed by atoms with Crippen molar-refractivity contribution in [2.75, 3.05) is 0 Å². The molecule has 0 bridgehead atoms. The molecule has 19 heavy (non-hydrogen) atoms. The summed E-state index contributed by atoms with van der Waals surface area (Å²) in [5, 5.41) is 10.3. The van der Waals surface area contributed by atoms with Gasteiger partial charge in [-0.15, -0.1) is 0 Å². The van der Waals surface area contributed by atoms with Crippen molar-refractivity contribution >= 4 is 16.0 Å². The van der Waals surface area contributed by atoms with Crippen LogP contribution < -0.4 is 9.83 Å². The average molecular weight is 284 g/mol. The minimum Gasteiger partial charge on any atom is -0.550 e. The van der Waals surface area contributed by atoms with E-state index in [2.05, 4.69) is 4.72 Å². The summed E-state index contributed by atoms with van der Waals surface area (Å²) in [4.78, 5) is 10.5. The van der Waals surface area contributed by atoms with Crippen LogP contribution in [-0.4, -0.2) is 19.9 Å². The third kappa shape index (κ3) is 5.40. The first-order valence-electron chi connectivity index (χ1n) is 5.93. The highest BCUT2D eigenvalue weighted by molar-refractivity contribution is 7.89. The van der Waals surface area contributed by atoms with Gasteiger partial charge in [0.1, 0.15) is 0 Å². The molecule has 0 aliphatic heterocycles. The summed E-state index contributed by atoms with van der Waals surface area (Å²) >= 11 is 0. The number of aryl methyl sites for hydroxylation is 1. The molecule has 1 N–H and O–H groups in total. The molecule has 0 aliphatic rings. The van der Waals surface area contributed by atoms with Crippen molar-refractivity contribution in [3.63, 3.8) is 0 Å². The van der Waals surface area contributed by atoms with Gasteiger partial charge in [-0.3, -0.25) is 0 Å². The molecule has 0 amide bonds. The Labute approximate surface area is 113 Å². The quantitative estimate of drug-likeness (QED) is 0.850. The lowest BCUT2D eigenvalue weighted by atomic mass is 10.1. The van der Waals surface area contributed by atoms with Crippen molar-refractivity contribution in [3.05, 3.63) is 29.8 Å². The minimum atomic E-state index is -3.54. The molecule has 0 aromatic heterocycles. The fourth-order valence-corrected chi connectivity index (χ4v) is 2.96. The van der Waals surface area contributed by atoms with Crippen molar-refractivity contribution in [2.45, 2.75) is 44.0 Å². The molecule has 6 heteroatoms. The fraction of sp³-hybridized carbons (Fsp3) is 0.462. The Hall–Kier alpha value is -1.40. The van der Waals surface area contributed by atoms with E-state index >= 15 is 0 Å². The first-order valence-corrected chi connectivity index (χ1v) is 7.41. The predicted molar refractivity (Wildman–Crippen MR) is 69.8 cm³/mol. The summed E-state index contributed by atoms with van der Waals surface area (Å²) in [5.74, 6) is -1.12. The number of rotatable bonds is 5. The molecule has 0 aliphatic carbocycles. The lowest BCUT2D eigenvalue weighted by Crippen LogP contribution is -2.40. The van der Waals surface area contributed by atoms with Gasteiger partial charge in [-0.1, -0.05) is 12.1 Å². The Kier molecular flexibility index (Phi) is 4.70. The first kappa shape index (κ1) is 15.7. The van der Waals surface area contributed by atoms with E-state index in [0.29, 0.717) is 6.42 Å². The van der Waals surface area contributed by atoms with Gasteiger partial charge in [-0.2, -0.15) is 0 Å². The van der Waals surface area contributed by atoms with E-state index in [0.717, 1.165) is 5.56 Å². The van der Waals surface area contributed by atoms with Crippen LogP contribution in [0.2, 0.25) is 0 Å². The second kappa shape index (κ2) is 5.71. The number of sulfonamides is 1. The summed E-state index contributed by atoms with van der Waals surface area (Å²) in [7, 11) is -3.54. The molecular formula is C13H18NO4S-. The number of aliphatic carboxylic acids is 1. The number of carboxylic acid groups (broad SMARTS) is 1. The molecule has 5 nitrogen and oxygen atoms in total. The van der Waals surface area contributed by atoms with Crippen LogP contribution in [0.3, 0.4) is 0 Å². The number of benzene rings is 1. The van der Waals surface area contributed by atoms with E-state index in [1.165, 1.54) is 12.1 Å². The van der Waals surface area contributed by atoms with Crippen LogP contribution in [0.1, 0.15) is 32.8 Å². The van der Waals surface area contributed by atoms with Crippen LogP contribution >= 0.6 is 0 Å². The number of hydrogen-bond acceptors (Lipinski definition) is 4. The van der Waals surface area contributed by atoms with Gasteiger partial charge >= 0.3 is 0 Å². The number of hydrogen-bond donors (Lipinski definition) is 1. The van der Waals surface area contributed by atoms with E-state index in [4.69, 9.17) is 0 Å². The second-order valence-corrected chi connectivity index (χ2v) is 7.05. The molecule has 0 unspecified atom stereocenters. The van der Waals surface area contributed by atoms with Crippen LogP contribution in [0.5, 0.6) is 0 Å². The van der Waals surface area contributed by atoms with E-state index in [9.17, 15) is 18.3 Å². The third-order valence-electron chi connectivity index (χ3n) is 2.29. The second-order valence-electron chi connectivity index (χ2n) is 5.37. The summed E-state index contributed by atoms with van der Waals surface area (Å²) in [6.07, 6.45) is 0.252. The Bertz CT molecular complexity index is 541. The largest absolute Gasteiger partial charge is 0.550 e. The van der Waals surface area contributed by atoms with Crippen LogP contribution in [-0.2, 0) is 21.2 Å². The van der Waals surface area contributed by atoms with Crippen LogP contribution in [0.25, 0.3) is 0 Å². The number of carbonyl (C=O) groups excluding carboxylic acids is 1. The van der Waals surface area contributed by atoms with Gasteiger partial charge in [0.25, 0.3) is 0 Å². The van der Waals surface area contributed by atoms with Gasteiger partial charge < -0.3 is 9.90 Å². The average Bonchev–Trinajstić information content (AvgIpc) is 2.23. The van der Waals surface area contributed by atoms with E-state index < -0.39 is 21.5 Å². The number of nitrogens with one attached hydrogen (secondary N) is 1. The molecular weight excluding hydrogens is 266 g/mol. The summed E-state index contributed by atoms with van der Waals surface area (Å²) in [6.45, 7) is 5.29. The molecule has 0 fully saturated rings. The molecule has 0 saturated heterocycles. The highest BCUT2D eigenvalue weighted by atomic mass is 32.2. The van der Waals surface area contributed by atoms with Gasteiger partial charge in [-0.25, -0.2) is 13.1 Å². The highest BCUT2D eigenvalue weighted by Gasteiger charge is 2.21. The van der Waals surface area contributed by atoms with Crippen LogP contribution in [0.15, 0.2) is 29.2 Å². The molecule has 0 atom stereocenters. The van der Waals surface area contributed by atoms with Gasteiger partial charge in [0.15, 0.2) is 0 Å². The normalized spacial score (nSPS) is 12.4. The zero-order chi connectivity index (χ0) is 14.7. The maximum atomic E-state index is 12.0. The van der Waals surface area contributed by atoms with Crippen LogP contribution in [0, 0.1) is 0 Å². The highest BCUT2D eigenvalue weighted by Crippen LogP contribution is 2.14. The summed E-state index contributed by atoms with van der Waals surface area (Å²) in [6, 6.07) is 6.16. The smallest absolute Gasteiger partial charge is 0.241 e. The van der Waals surface area contributed by atoms with E-state index in [1.807, 2.05) is 0 Å². The maximum absolute atomic E-state index is 12.0. The lowest BCUT2D eigenvalue weighted by Gasteiger charge is -2.20. The van der Waals surface area contributed by atoms with Crippen molar-refractivity contribution in [1.29, 1.82) is 0 Å². The topological polar surface area (TPSA) is 86.3 Å². The number of carbonyl (C=O) groups is 1. The SMILES string of the molecule is CC(C)(C)NS(=O)(=O)c1ccc(CCC(=O)[O-])cc1. The minimum absolute atomic E-state index is 0.0770. The first-order chi connectivity index (χ1) is 8.60. The maximum Gasteiger partial charge on any atom is 0.241 e.